The van der Waals surface area contributed by atoms with Gasteiger partial charge in [0, 0.05) is 37.2 Å². The molecule has 3 heteroatoms. The number of aryl methyl sites for hydroxylation is 1. The van der Waals surface area contributed by atoms with Crippen LogP contribution in [0.1, 0.15) is 11.3 Å². The number of hydrogen-bond acceptors (Lipinski definition) is 2. The first-order valence-corrected chi connectivity index (χ1v) is 5.85. The van der Waals surface area contributed by atoms with Gasteiger partial charge in [0.05, 0.1) is 12.7 Å². The molecule has 17 heavy (non-hydrogen) atoms. The minimum Gasteiger partial charge on any atom is -0.390 e. The van der Waals surface area contributed by atoms with Crippen LogP contribution in [0.15, 0.2) is 24.3 Å². The van der Waals surface area contributed by atoms with E-state index in [0.29, 0.717) is 13.0 Å². The monoisotopic (exact) mass is 233 g/mol. The number of methoxy groups -OCH3 is 1. The fourth-order valence-electron chi connectivity index (χ4n) is 2.34. The van der Waals surface area contributed by atoms with Crippen LogP contribution < -0.4 is 0 Å². The van der Waals surface area contributed by atoms with Crippen molar-refractivity contribution < 1.29 is 9.84 Å². The molecule has 1 N–H and O–H groups in total. The van der Waals surface area contributed by atoms with Crippen LogP contribution in [0.2, 0.25) is 0 Å². The number of benzene rings is 1. The Bertz CT molecular complexity index is 516. The summed E-state index contributed by atoms with van der Waals surface area (Å²) < 4.78 is 7.15. The van der Waals surface area contributed by atoms with Gasteiger partial charge in [-0.2, -0.15) is 0 Å². The molecule has 0 saturated carbocycles. The van der Waals surface area contributed by atoms with Crippen LogP contribution in [-0.4, -0.2) is 29.5 Å². The number of aromatic nitrogens is 1. The van der Waals surface area contributed by atoms with Gasteiger partial charge in [-0.05, 0) is 18.6 Å². The first kappa shape index (κ1) is 12.1. The standard InChI is InChI=1S/C14H19NO2/c1-10-13(8-11(16)9-17-3)12-6-4-5-7-14(12)15(10)2/h4-7,11,16H,8-9H2,1-3H3. The first-order valence-electron chi connectivity index (χ1n) is 5.85. The summed E-state index contributed by atoms with van der Waals surface area (Å²) >= 11 is 0. The van der Waals surface area contributed by atoms with Gasteiger partial charge in [-0.15, -0.1) is 0 Å². The molecule has 0 spiro atoms. The van der Waals surface area contributed by atoms with Crippen LogP contribution >= 0.6 is 0 Å². The van der Waals surface area contributed by atoms with Gasteiger partial charge in [0.15, 0.2) is 0 Å². The maximum absolute atomic E-state index is 9.86. The van der Waals surface area contributed by atoms with Crippen LogP contribution in [0.4, 0.5) is 0 Å². The van der Waals surface area contributed by atoms with Crippen molar-refractivity contribution in [3.8, 4) is 0 Å². The number of aliphatic hydroxyl groups excluding tert-OH is 1. The van der Waals surface area contributed by atoms with Gasteiger partial charge in [0.2, 0.25) is 0 Å². The van der Waals surface area contributed by atoms with Gasteiger partial charge >= 0.3 is 0 Å². The molecular weight excluding hydrogens is 214 g/mol. The van der Waals surface area contributed by atoms with Gasteiger partial charge in [0.25, 0.3) is 0 Å². The number of hydrogen-bond donors (Lipinski definition) is 1. The summed E-state index contributed by atoms with van der Waals surface area (Å²) in [5, 5.41) is 11.1. The topological polar surface area (TPSA) is 34.4 Å². The van der Waals surface area contributed by atoms with Crippen molar-refractivity contribution in [3.05, 3.63) is 35.5 Å². The highest BCUT2D eigenvalue weighted by Crippen LogP contribution is 2.25. The smallest absolute Gasteiger partial charge is 0.0814 e. The highest BCUT2D eigenvalue weighted by Gasteiger charge is 2.14. The van der Waals surface area contributed by atoms with Gasteiger partial charge < -0.3 is 14.4 Å². The van der Waals surface area contributed by atoms with E-state index in [0.717, 1.165) is 0 Å². The molecule has 2 rings (SSSR count). The maximum Gasteiger partial charge on any atom is 0.0814 e. The Kier molecular flexibility index (Phi) is 3.50. The Morgan fingerprint density at radius 3 is 2.76 bits per heavy atom. The van der Waals surface area contributed by atoms with E-state index in [1.165, 1.54) is 22.2 Å². The van der Waals surface area contributed by atoms with Crippen molar-refractivity contribution in [3.63, 3.8) is 0 Å². The molecule has 2 aromatic rings. The van der Waals surface area contributed by atoms with Crippen LogP contribution in [0.25, 0.3) is 10.9 Å². The Hall–Kier alpha value is -1.32. The number of fused-ring (bicyclic) bond motifs is 1. The number of rotatable bonds is 4. The van der Waals surface area contributed by atoms with E-state index < -0.39 is 6.10 Å². The van der Waals surface area contributed by atoms with Crippen molar-refractivity contribution in [2.45, 2.75) is 19.4 Å². The summed E-state index contributed by atoms with van der Waals surface area (Å²) in [4.78, 5) is 0. The number of ether oxygens (including phenoxy) is 1. The van der Waals surface area contributed by atoms with Crippen LogP contribution in [0, 0.1) is 6.92 Å². The summed E-state index contributed by atoms with van der Waals surface area (Å²) in [5.41, 5.74) is 3.64. The fraction of sp³-hybridized carbons (Fsp3) is 0.429. The van der Waals surface area contributed by atoms with E-state index in [1.54, 1.807) is 7.11 Å². The normalized spacial score (nSPS) is 13.2. The Morgan fingerprint density at radius 1 is 1.35 bits per heavy atom. The minimum atomic E-state index is -0.440. The Balaban J connectivity index is 2.42. The van der Waals surface area contributed by atoms with Crippen molar-refractivity contribution in [1.29, 1.82) is 0 Å². The van der Waals surface area contributed by atoms with E-state index >= 15 is 0 Å². The fourth-order valence-corrected chi connectivity index (χ4v) is 2.34. The molecule has 1 heterocycles. The summed E-state index contributed by atoms with van der Waals surface area (Å²) in [6.07, 6.45) is 0.200. The molecule has 0 bridgehead atoms. The zero-order valence-corrected chi connectivity index (χ0v) is 10.6. The predicted molar refractivity (Wildman–Crippen MR) is 69.2 cm³/mol. The van der Waals surface area contributed by atoms with Crippen LogP contribution in [-0.2, 0) is 18.2 Å². The van der Waals surface area contributed by atoms with E-state index in [9.17, 15) is 5.11 Å². The number of aliphatic hydroxyl groups is 1. The molecule has 0 aliphatic carbocycles. The summed E-state index contributed by atoms with van der Waals surface area (Å²) in [6, 6.07) is 8.29. The average Bonchev–Trinajstić information content (AvgIpc) is 2.56. The molecule has 0 saturated heterocycles. The molecular formula is C14H19NO2. The third-order valence-corrected chi connectivity index (χ3v) is 3.33. The predicted octanol–water partition coefficient (Wildman–Crippen LogP) is 2.04. The molecule has 1 aromatic carbocycles. The minimum absolute atomic E-state index is 0.378. The lowest BCUT2D eigenvalue weighted by Crippen LogP contribution is -2.17. The number of para-hydroxylation sites is 1. The lowest BCUT2D eigenvalue weighted by Gasteiger charge is -2.09. The maximum atomic E-state index is 9.86. The first-order chi connectivity index (χ1) is 8.15. The lowest BCUT2D eigenvalue weighted by molar-refractivity contribution is 0.0651. The zero-order chi connectivity index (χ0) is 12.4. The van der Waals surface area contributed by atoms with Gasteiger partial charge in [-0.1, -0.05) is 18.2 Å². The van der Waals surface area contributed by atoms with Crippen molar-refractivity contribution in [2.75, 3.05) is 13.7 Å². The van der Waals surface area contributed by atoms with E-state index in [1.807, 2.05) is 12.1 Å². The summed E-state index contributed by atoms with van der Waals surface area (Å²) in [6.45, 7) is 2.47. The van der Waals surface area contributed by atoms with Gasteiger partial charge in [-0.3, -0.25) is 0 Å². The highest BCUT2D eigenvalue weighted by atomic mass is 16.5. The van der Waals surface area contributed by atoms with E-state index in [4.69, 9.17) is 4.74 Å². The van der Waals surface area contributed by atoms with E-state index in [2.05, 4.69) is 30.7 Å². The van der Waals surface area contributed by atoms with Gasteiger partial charge in [-0.25, -0.2) is 0 Å². The molecule has 3 nitrogen and oxygen atoms in total. The molecule has 0 fully saturated rings. The molecule has 1 unspecified atom stereocenters. The molecule has 92 valence electrons. The second kappa shape index (κ2) is 4.90. The molecule has 0 aliphatic heterocycles. The highest BCUT2D eigenvalue weighted by molar-refractivity contribution is 5.85. The van der Waals surface area contributed by atoms with Crippen molar-refractivity contribution in [1.82, 2.24) is 4.57 Å². The lowest BCUT2D eigenvalue weighted by atomic mass is 10.0. The number of nitrogens with zero attached hydrogens (tertiary/aromatic N) is 1. The third-order valence-electron chi connectivity index (χ3n) is 3.33. The van der Waals surface area contributed by atoms with Crippen molar-refractivity contribution >= 4 is 10.9 Å². The molecule has 0 aliphatic rings. The Labute approximate surface area is 102 Å². The SMILES string of the molecule is COCC(O)Cc1c(C)n(C)c2ccccc12. The molecule has 0 amide bonds. The largest absolute Gasteiger partial charge is 0.390 e. The summed E-state index contributed by atoms with van der Waals surface area (Å²) in [7, 11) is 3.67. The average molecular weight is 233 g/mol. The second-order valence-electron chi connectivity index (χ2n) is 4.45. The molecule has 0 radical (unpaired) electrons. The molecule has 1 aromatic heterocycles. The molecule has 1 atom stereocenters. The Morgan fingerprint density at radius 2 is 2.06 bits per heavy atom. The van der Waals surface area contributed by atoms with Gasteiger partial charge in [0.1, 0.15) is 0 Å². The third kappa shape index (κ3) is 2.21. The second-order valence-corrected chi connectivity index (χ2v) is 4.45. The van der Waals surface area contributed by atoms with E-state index in [-0.39, 0.29) is 0 Å². The quantitative estimate of drug-likeness (QED) is 0.877. The van der Waals surface area contributed by atoms with Crippen molar-refractivity contribution in [2.24, 2.45) is 7.05 Å². The summed E-state index contributed by atoms with van der Waals surface area (Å²) in [5.74, 6) is 0. The van der Waals surface area contributed by atoms with Crippen LogP contribution in [0.5, 0.6) is 0 Å². The zero-order valence-electron chi connectivity index (χ0n) is 10.6. The van der Waals surface area contributed by atoms with Crippen LogP contribution in [0.3, 0.4) is 0 Å².